The summed E-state index contributed by atoms with van der Waals surface area (Å²) in [6.07, 6.45) is 0.849. The van der Waals surface area contributed by atoms with E-state index in [4.69, 9.17) is 4.74 Å². The molecule has 152 valence electrons. The van der Waals surface area contributed by atoms with Crippen LogP contribution >= 0.6 is 0 Å². The number of pyridine rings is 1. The lowest BCUT2D eigenvalue weighted by molar-refractivity contribution is -0.142. The SMILES string of the molecule is CC(C)(C(=O)O)c1ccc(NC(=O)OCC2c3ccccc3-c3ccccc32)nc1. The average Bonchev–Trinajstić information content (AvgIpc) is 3.06. The standard InChI is InChI=1S/C24H22N2O4/c1-24(2,22(27)28)15-11-12-21(25-13-15)26-23(29)30-14-20-18-9-5-3-7-16(18)17-8-4-6-10-19(17)20/h3-13,20H,14H2,1-2H3,(H,27,28)(H,25,26,29). The van der Waals surface area contributed by atoms with Gasteiger partial charge in [0, 0.05) is 12.1 Å². The first kappa shape index (κ1) is 19.6. The van der Waals surface area contributed by atoms with Gasteiger partial charge in [0.05, 0.1) is 5.41 Å². The summed E-state index contributed by atoms with van der Waals surface area (Å²) < 4.78 is 5.50. The predicted octanol–water partition coefficient (Wildman–Crippen LogP) is 4.80. The van der Waals surface area contributed by atoms with Crippen molar-refractivity contribution in [2.45, 2.75) is 25.2 Å². The highest BCUT2D eigenvalue weighted by atomic mass is 16.5. The highest BCUT2D eigenvalue weighted by molar-refractivity contribution is 5.84. The molecule has 1 amide bonds. The van der Waals surface area contributed by atoms with Crippen LogP contribution in [0.5, 0.6) is 0 Å². The number of hydrogen-bond donors (Lipinski definition) is 2. The molecule has 0 saturated carbocycles. The van der Waals surface area contributed by atoms with Gasteiger partial charge in [0.25, 0.3) is 0 Å². The van der Waals surface area contributed by atoms with E-state index in [0.29, 0.717) is 11.4 Å². The van der Waals surface area contributed by atoms with Crippen molar-refractivity contribution < 1.29 is 19.4 Å². The largest absolute Gasteiger partial charge is 0.481 e. The maximum atomic E-state index is 12.3. The number of fused-ring (bicyclic) bond motifs is 3. The Bertz CT molecular complexity index is 1060. The van der Waals surface area contributed by atoms with Crippen LogP contribution in [0.1, 0.15) is 36.5 Å². The fourth-order valence-corrected chi connectivity index (χ4v) is 3.70. The number of nitrogens with zero attached hydrogens (tertiary/aromatic N) is 1. The van der Waals surface area contributed by atoms with Gasteiger partial charge in [-0.2, -0.15) is 0 Å². The molecule has 0 atom stereocenters. The van der Waals surface area contributed by atoms with Crippen molar-refractivity contribution in [3.63, 3.8) is 0 Å². The molecule has 4 rings (SSSR count). The Morgan fingerprint density at radius 2 is 1.60 bits per heavy atom. The molecule has 2 N–H and O–H groups in total. The maximum absolute atomic E-state index is 12.3. The number of carbonyl (C=O) groups excluding carboxylic acids is 1. The van der Waals surface area contributed by atoms with E-state index in [1.54, 1.807) is 26.0 Å². The van der Waals surface area contributed by atoms with Crippen LogP contribution in [0.25, 0.3) is 11.1 Å². The summed E-state index contributed by atoms with van der Waals surface area (Å²) in [6, 6.07) is 19.5. The number of hydrogen-bond acceptors (Lipinski definition) is 4. The number of ether oxygens (including phenoxy) is 1. The Kier molecular flexibility index (Phi) is 4.99. The van der Waals surface area contributed by atoms with Gasteiger partial charge in [-0.15, -0.1) is 0 Å². The summed E-state index contributed by atoms with van der Waals surface area (Å²) in [7, 11) is 0. The summed E-state index contributed by atoms with van der Waals surface area (Å²) in [6.45, 7) is 3.42. The third kappa shape index (κ3) is 3.52. The molecule has 0 spiro atoms. The van der Waals surface area contributed by atoms with E-state index in [1.165, 1.54) is 17.3 Å². The lowest BCUT2D eigenvalue weighted by atomic mass is 9.86. The molecule has 0 bridgehead atoms. The molecular weight excluding hydrogens is 380 g/mol. The van der Waals surface area contributed by atoms with Gasteiger partial charge in [-0.05, 0) is 47.7 Å². The number of carboxylic acids is 1. The third-order valence-corrected chi connectivity index (χ3v) is 5.59. The zero-order valence-electron chi connectivity index (χ0n) is 16.8. The minimum Gasteiger partial charge on any atom is -0.481 e. The van der Waals surface area contributed by atoms with Crippen LogP contribution in [0, 0.1) is 0 Å². The first-order valence-electron chi connectivity index (χ1n) is 9.70. The Balaban J connectivity index is 1.43. The molecule has 0 aliphatic heterocycles. The molecular formula is C24H22N2O4. The molecule has 1 heterocycles. The number of rotatable bonds is 5. The van der Waals surface area contributed by atoms with E-state index >= 15 is 0 Å². The first-order valence-corrected chi connectivity index (χ1v) is 9.70. The quantitative estimate of drug-likeness (QED) is 0.640. The number of carboxylic acid groups (broad SMARTS) is 1. The number of aliphatic carboxylic acids is 1. The van der Waals surface area contributed by atoms with Gasteiger partial charge in [0.2, 0.25) is 0 Å². The Labute approximate surface area is 174 Å². The molecule has 30 heavy (non-hydrogen) atoms. The average molecular weight is 402 g/mol. The highest BCUT2D eigenvalue weighted by Crippen LogP contribution is 2.44. The number of nitrogens with one attached hydrogen (secondary N) is 1. The summed E-state index contributed by atoms with van der Waals surface area (Å²) in [4.78, 5) is 27.8. The second-order valence-electron chi connectivity index (χ2n) is 7.81. The molecule has 0 saturated heterocycles. The minimum atomic E-state index is -1.06. The topological polar surface area (TPSA) is 88.5 Å². The number of carbonyl (C=O) groups is 2. The monoisotopic (exact) mass is 402 g/mol. The number of aromatic nitrogens is 1. The van der Waals surface area contributed by atoms with Crippen LogP contribution in [0.4, 0.5) is 10.6 Å². The van der Waals surface area contributed by atoms with Crippen LogP contribution in [0.3, 0.4) is 0 Å². The van der Waals surface area contributed by atoms with Crippen molar-refractivity contribution in [1.29, 1.82) is 0 Å². The van der Waals surface area contributed by atoms with Crippen molar-refractivity contribution >= 4 is 17.9 Å². The van der Waals surface area contributed by atoms with Crippen LogP contribution in [-0.4, -0.2) is 28.8 Å². The van der Waals surface area contributed by atoms with E-state index < -0.39 is 17.5 Å². The molecule has 6 nitrogen and oxygen atoms in total. The van der Waals surface area contributed by atoms with Crippen molar-refractivity contribution in [3.05, 3.63) is 83.6 Å². The second-order valence-corrected chi connectivity index (χ2v) is 7.81. The summed E-state index contributed by atoms with van der Waals surface area (Å²) in [5.41, 5.74) is 4.11. The predicted molar refractivity (Wildman–Crippen MR) is 114 cm³/mol. The summed E-state index contributed by atoms with van der Waals surface area (Å²) in [5.74, 6) is -0.659. The third-order valence-electron chi connectivity index (χ3n) is 5.59. The first-order chi connectivity index (χ1) is 14.4. The Morgan fingerprint density at radius 3 is 2.13 bits per heavy atom. The van der Waals surface area contributed by atoms with Gasteiger partial charge in [0.1, 0.15) is 12.4 Å². The van der Waals surface area contributed by atoms with Gasteiger partial charge in [-0.1, -0.05) is 54.6 Å². The van der Waals surface area contributed by atoms with E-state index in [1.807, 2.05) is 24.3 Å². The summed E-state index contributed by atoms with van der Waals surface area (Å²) in [5, 5.41) is 11.9. The molecule has 3 aromatic rings. The number of benzene rings is 2. The van der Waals surface area contributed by atoms with Crippen molar-refractivity contribution in [3.8, 4) is 11.1 Å². The Morgan fingerprint density at radius 1 is 1.00 bits per heavy atom. The molecule has 0 unspecified atom stereocenters. The minimum absolute atomic E-state index is 0.0187. The number of anilines is 1. The van der Waals surface area contributed by atoms with Gasteiger partial charge >= 0.3 is 12.1 Å². The van der Waals surface area contributed by atoms with Crippen LogP contribution in [-0.2, 0) is 14.9 Å². The molecule has 1 aliphatic rings. The fraction of sp³-hybridized carbons (Fsp3) is 0.208. The van der Waals surface area contributed by atoms with E-state index in [-0.39, 0.29) is 12.5 Å². The van der Waals surface area contributed by atoms with Crippen LogP contribution in [0.2, 0.25) is 0 Å². The van der Waals surface area contributed by atoms with Gasteiger partial charge in [-0.25, -0.2) is 9.78 Å². The normalized spacial score (nSPS) is 12.7. The molecule has 1 aromatic heterocycles. The Hall–Kier alpha value is -3.67. The van der Waals surface area contributed by atoms with E-state index in [0.717, 1.165) is 11.1 Å². The van der Waals surface area contributed by atoms with Crippen LogP contribution in [0.15, 0.2) is 66.9 Å². The fourth-order valence-electron chi connectivity index (χ4n) is 3.70. The summed E-state index contributed by atoms with van der Waals surface area (Å²) >= 11 is 0. The molecule has 0 radical (unpaired) electrons. The molecule has 0 fully saturated rings. The van der Waals surface area contributed by atoms with E-state index in [9.17, 15) is 14.7 Å². The van der Waals surface area contributed by atoms with Crippen LogP contribution < -0.4 is 5.32 Å². The molecule has 2 aromatic carbocycles. The molecule has 6 heteroatoms. The number of amides is 1. The zero-order chi connectivity index (χ0) is 21.3. The van der Waals surface area contributed by atoms with Gasteiger partial charge in [0.15, 0.2) is 0 Å². The van der Waals surface area contributed by atoms with Crippen molar-refractivity contribution in [2.75, 3.05) is 11.9 Å². The zero-order valence-corrected chi connectivity index (χ0v) is 16.8. The lowest BCUT2D eigenvalue weighted by Gasteiger charge is -2.19. The van der Waals surface area contributed by atoms with E-state index in [2.05, 4.69) is 34.6 Å². The van der Waals surface area contributed by atoms with Crippen molar-refractivity contribution in [2.24, 2.45) is 0 Å². The lowest BCUT2D eigenvalue weighted by Crippen LogP contribution is -2.28. The van der Waals surface area contributed by atoms with Gasteiger partial charge in [-0.3, -0.25) is 10.1 Å². The smallest absolute Gasteiger partial charge is 0.412 e. The maximum Gasteiger partial charge on any atom is 0.412 e. The second kappa shape index (κ2) is 7.63. The molecule has 1 aliphatic carbocycles. The highest BCUT2D eigenvalue weighted by Gasteiger charge is 2.30. The van der Waals surface area contributed by atoms with Crippen molar-refractivity contribution in [1.82, 2.24) is 4.98 Å². The van der Waals surface area contributed by atoms with Gasteiger partial charge < -0.3 is 9.84 Å².